The fourth-order valence-corrected chi connectivity index (χ4v) is 2.89. The molecule has 5 nitrogen and oxygen atoms in total. The van der Waals surface area contributed by atoms with Gasteiger partial charge in [0.15, 0.2) is 5.96 Å². The quantitative estimate of drug-likeness (QED) is 0.451. The molecule has 0 amide bonds. The zero-order valence-electron chi connectivity index (χ0n) is 15.6. The molecule has 0 spiro atoms. The van der Waals surface area contributed by atoms with E-state index < -0.39 is 0 Å². The van der Waals surface area contributed by atoms with Gasteiger partial charge in [0.2, 0.25) is 0 Å². The van der Waals surface area contributed by atoms with Crippen molar-refractivity contribution >= 4 is 11.8 Å². The van der Waals surface area contributed by atoms with Crippen LogP contribution in [0.3, 0.4) is 0 Å². The van der Waals surface area contributed by atoms with Crippen molar-refractivity contribution in [3.63, 3.8) is 0 Å². The van der Waals surface area contributed by atoms with Crippen LogP contribution in [0.1, 0.15) is 29.5 Å². The highest BCUT2D eigenvalue weighted by atomic mass is 16.5. The molecule has 0 bridgehead atoms. The lowest BCUT2D eigenvalue weighted by Crippen LogP contribution is -2.30. The monoisotopic (exact) mass is 360 g/mol. The van der Waals surface area contributed by atoms with Crippen LogP contribution in [0.4, 0.5) is 5.82 Å². The fourth-order valence-electron chi connectivity index (χ4n) is 2.89. The van der Waals surface area contributed by atoms with E-state index in [9.17, 15) is 0 Å². The van der Waals surface area contributed by atoms with E-state index in [2.05, 4.69) is 34.7 Å². The van der Waals surface area contributed by atoms with Crippen molar-refractivity contribution in [1.82, 2.24) is 10.3 Å². The molecule has 0 aliphatic carbocycles. The van der Waals surface area contributed by atoms with Crippen molar-refractivity contribution < 1.29 is 4.74 Å². The first-order valence-electron chi connectivity index (χ1n) is 8.89. The Kier molecular flexibility index (Phi) is 6.05. The molecule has 3 rings (SSSR count). The number of nitrogens with zero attached hydrogens (tertiary/aromatic N) is 1. The Morgan fingerprint density at radius 1 is 1.04 bits per heavy atom. The summed E-state index contributed by atoms with van der Waals surface area (Å²) in [4.78, 5) is 4.44. The van der Waals surface area contributed by atoms with Gasteiger partial charge in [-0.2, -0.15) is 0 Å². The van der Waals surface area contributed by atoms with Crippen molar-refractivity contribution in [3.05, 3.63) is 89.6 Å². The Balaban J connectivity index is 1.70. The summed E-state index contributed by atoms with van der Waals surface area (Å²) in [6.07, 6.45) is 1.73. The largest absolute Gasteiger partial charge is 0.497 e. The van der Waals surface area contributed by atoms with E-state index in [1.807, 2.05) is 54.6 Å². The Morgan fingerprint density at radius 3 is 2.48 bits per heavy atom. The van der Waals surface area contributed by atoms with Crippen LogP contribution in [0, 0.1) is 5.41 Å². The van der Waals surface area contributed by atoms with Crippen molar-refractivity contribution in [3.8, 4) is 5.75 Å². The van der Waals surface area contributed by atoms with Gasteiger partial charge in [-0.1, -0.05) is 55.5 Å². The highest BCUT2D eigenvalue weighted by Gasteiger charge is 2.14. The van der Waals surface area contributed by atoms with Crippen molar-refractivity contribution in [2.75, 3.05) is 12.4 Å². The summed E-state index contributed by atoms with van der Waals surface area (Å²) >= 11 is 0. The predicted octanol–water partition coefficient (Wildman–Crippen LogP) is 4.38. The summed E-state index contributed by atoms with van der Waals surface area (Å²) < 4.78 is 5.23. The number of hydrogen-bond donors (Lipinski definition) is 3. The number of nitrogens with one attached hydrogen (secondary N) is 3. The molecule has 5 heteroatoms. The van der Waals surface area contributed by atoms with Crippen molar-refractivity contribution in [2.45, 2.75) is 19.4 Å². The number of benzene rings is 2. The summed E-state index contributed by atoms with van der Waals surface area (Å²) in [5.74, 6) is 1.88. The first kappa shape index (κ1) is 18.5. The van der Waals surface area contributed by atoms with Crippen molar-refractivity contribution in [1.29, 1.82) is 5.41 Å². The second-order valence-corrected chi connectivity index (χ2v) is 6.28. The van der Waals surface area contributed by atoms with E-state index in [0.717, 1.165) is 22.4 Å². The molecule has 1 unspecified atom stereocenters. The number of anilines is 1. The van der Waals surface area contributed by atoms with Crippen LogP contribution < -0.4 is 15.4 Å². The summed E-state index contributed by atoms with van der Waals surface area (Å²) in [5, 5.41) is 14.4. The van der Waals surface area contributed by atoms with Crippen LogP contribution in [0.2, 0.25) is 0 Å². The maximum atomic E-state index is 8.19. The van der Waals surface area contributed by atoms with Gasteiger partial charge < -0.3 is 15.4 Å². The molecule has 0 saturated heterocycles. The molecular formula is C22H24N4O. The van der Waals surface area contributed by atoms with Crippen LogP contribution in [-0.4, -0.2) is 18.1 Å². The lowest BCUT2D eigenvalue weighted by molar-refractivity contribution is 0.414. The van der Waals surface area contributed by atoms with Crippen LogP contribution in [-0.2, 0) is 6.54 Å². The summed E-state index contributed by atoms with van der Waals surface area (Å²) in [6.45, 7) is 2.72. The normalized spacial score (nSPS) is 11.5. The van der Waals surface area contributed by atoms with E-state index in [1.54, 1.807) is 13.3 Å². The van der Waals surface area contributed by atoms with Gasteiger partial charge in [0.05, 0.1) is 7.11 Å². The Hall–Kier alpha value is -3.34. The molecule has 1 heterocycles. The molecule has 2 aromatic carbocycles. The smallest absolute Gasteiger partial charge is 0.194 e. The lowest BCUT2D eigenvalue weighted by Gasteiger charge is -2.18. The molecular weight excluding hydrogens is 336 g/mol. The number of aromatic nitrogens is 1. The molecule has 0 aliphatic rings. The standard InChI is InChI=1S/C22H24N4O/c1-16(18-10-12-19(27-2)13-11-18)20-9-6-14-24-21(20)26-22(23)25-15-17-7-4-3-5-8-17/h3-14,16H,15H2,1-2H3,(H3,23,24,25,26). The molecule has 0 aliphatic heterocycles. The molecule has 3 aromatic rings. The van der Waals surface area contributed by atoms with Crippen LogP contribution in [0.25, 0.3) is 0 Å². The summed E-state index contributed by atoms with van der Waals surface area (Å²) in [7, 11) is 1.66. The molecule has 27 heavy (non-hydrogen) atoms. The SMILES string of the molecule is COc1ccc(C(C)c2cccnc2NC(=N)NCc2ccccc2)cc1. The van der Waals surface area contributed by atoms with Gasteiger partial charge in [0.25, 0.3) is 0 Å². The Morgan fingerprint density at radius 2 is 1.78 bits per heavy atom. The van der Waals surface area contributed by atoms with Gasteiger partial charge in [-0.25, -0.2) is 4.98 Å². The van der Waals surface area contributed by atoms with E-state index in [0.29, 0.717) is 12.4 Å². The van der Waals surface area contributed by atoms with Gasteiger partial charge in [0.1, 0.15) is 11.6 Å². The summed E-state index contributed by atoms with van der Waals surface area (Å²) in [5.41, 5.74) is 3.32. The Bertz CT molecular complexity index is 878. The van der Waals surface area contributed by atoms with E-state index in [-0.39, 0.29) is 11.9 Å². The molecule has 0 saturated carbocycles. The van der Waals surface area contributed by atoms with E-state index in [4.69, 9.17) is 10.1 Å². The number of ether oxygens (including phenoxy) is 1. The van der Waals surface area contributed by atoms with E-state index >= 15 is 0 Å². The maximum absolute atomic E-state index is 8.19. The molecule has 0 fully saturated rings. The Labute approximate surface area is 159 Å². The zero-order valence-corrected chi connectivity index (χ0v) is 15.6. The number of hydrogen-bond acceptors (Lipinski definition) is 3. The first-order chi connectivity index (χ1) is 13.2. The minimum Gasteiger partial charge on any atom is -0.497 e. The second-order valence-electron chi connectivity index (χ2n) is 6.28. The highest BCUT2D eigenvalue weighted by Crippen LogP contribution is 2.29. The third-order valence-corrected chi connectivity index (χ3v) is 4.48. The van der Waals surface area contributed by atoms with Gasteiger partial charge in [-0.05, 0) is 29.3 Å². The fraction of sp³-hybridized carbons (Fsp3) is 0.182. The number of pyridine rings is 1. The van der Waals surface area contributed by atoms with Gasteiger partial charge in [-0.3, -0.25) is 5.41 Å². The van der Waals surface area contributed by atoms with Crippen molar-refractivity contribution in [2.24, 2.45) is 0 Å². The van der Waals surface area contributed by atoms with Gasteiger partial charge in [0, 0.05) is 24.2 Å². The number of rotatable bonds is 6. The first-order valence-corrected chi connectivity index (χ1v) is 8.89. The highest BCUT2D eigenvalue weighted by molar-refractivity contribution is 5.91. The minimum atomic E-state index is 0.133. The molecule has 1 atom stereocenters. The molecule has 3 N–H and O–H groups in total. The van der Waals surface area contributed by atoms with Gasteiger partial charge in [-0.15, -0.1) is 0 Å². The predicted molar refractivity (Wildman–Crippen MR) is 109 cm³/mol. The average molecular weight is 360 g/mol. The number of methoxy groups -OCH3 is 1. The second kappa shape index (κ2) is 8.85. The lowest BCUT2D eigenvalue weighted by atomic mass is 9.93. The topological polar surface area (TPSA) is 70.0 Å². The molecule has 1 aromatic heterocycles. The average Bonchev–Trinajstić information content (AvgIpc) is 2.73. The third kappa shape index (κ3) is 4.85. The van der Waals surface area contributed by atoms with Crippen LogP contribution >= 0.6 is 0 Å². The van der Waals surface area contributed by atoms with Crippen LogP contribution in [0.5, 0.6) is 5.75 Å². The van der Waals surface area contributed by atoms with Crippen LogP contribution in [0.15, 0.2) is 72.9 Å². The zero-order chi connectivity index (χ0) is 19.1. The molecule has 138 valence electrons. The molecule has 0 radical (unpaired) electrons. The summed E-state index contributed by atoms with van der Waals surface area (Å²) in [6, 6.07) is 22.0. The number of guanidine groups is 1. The third-order valence-electron chi connectivity index (χ3n) is 4.48. The minimum absolute atomic E-state index is 0.133. The van der Waals surface area contributed by atoms with Gasteiger partial charge >= 0.3 is 0 Å². The maximum Gasteiger partial charge on any atom is 0.194 e. The van der Waals surface area contributed by atoms with E-state index in [1.165, 1.54) is 0 Å².